The van der Waals surface area contributed by atoms with Gasteiger partial charge in [0.1, 0.15) is 11.6 Å². The molecule has 1 aliphatic heterocycles. The zero-order valence-electron chi connectivity index (χ0n) is 19.7. The predicted octanol–water partition coefficient (Wildman–Crippen LogP) is 5.92. The van der Waals surface area contributed by atoms with Crippen LogP contribution in [0.25, 0.3) is 10.9 Å². The van der Waals surface area contributed by atoms with Gasteiger partial charge in [-0.05, 0) is 85.2 Å². The first-order valence-corrected chi connectivity index (χ1v) is 12.3. The first kappa shape index (κ1) is 21.4. The normalized spacial score (nSPS) is 22.4. The summed E-state index contributed by atoms with van der Waals surface area (Å²) in [7, 11) is 1.74. The molecule has 1 aromatic heterocycles. The smallest absolute Gasteiger partial charge is 0.123 e. The molecule has 3 nitrogen and oxygen atoms in total. The number of ether oxygens (including phenoxy) is 1. The fraction of sp³-hybridized carbons (Fsp3) is 0.333. The lowest BCUT2D eigenvalue weighted by Gasteiger charge is -2.51. The maximum atomic E-state index is 14.1. The largest absolute Gasteiger partial charge is 0.497 e. The number of halogens is 1. The van der Waals surface area contributed by atoms with Crippen molar-refractivity contribution in [2.24, 2.45) is 5.92 Å². The lowest BCUT2D eigenvalue weighted by atomic mass is 9.58. The average Bonchev–Trinajstić information content (AvgIpc) is 3.22. The van der Waals surface area contributed by atoms with Crippen molar-refractivity contribution in [2.45, 2.75) is 31.1 Å². The van der Waals surface area contributed by atoms with Gasteiger partial charge in [0.15, 0.2) is 0 Å². The minimum absolute atomic E-state index is 0.0597. The van der Waals surface area contributed by atoms with Gasteiger partial charge >= 0.3 is 0 Å². The Morgan fingerprint density at radius 3 is 2.79 bits per heavy atom. The Balaban J connectivity index is 1.36. The van der Waals surface area contributed by atoms with Crippen molar-refractivity contribution in [1.29, 1.82) is 0 Å². The van der Waals surface area contributed by atoms with E-state index in [-0.39, 0.29) is 11.2 Å². The Morgan fingerprint density at radius 1 is 1.06 bits per heavy atom. The van der Waals surface area contributed by atoms with Crippen LogP contribution in [0.3, 0.4) is 0 Å². The van der Waals surface area contributed by atoms with E-state index < -0.39 is 0 Å². The molecule has 1 aliphatic carbocycles. The summed E-state index contributed by atoms with van der Waals surface area (Å²) in [6, 6.07) is 24.6. The molecule has 6 rings (SSSR count). The zero-order valence-corrected chi connectivity index (χ0v) is 19.7. The molecule has 0 bridgehead atoms. The third-order valence-corrected chi connectivity index (χ3v) is 8.24. The summed E-state index contributed by atoms with van der Waals surface area (Å²) in [5, 5.41) is 1.05. The number of nitrogens with zero attached hydrogens (tertiary/aromatic N) is 1. The quantitative estimate of drug-likeness (QED) is 0.406. The summed E-state index contributed by atoms with van der Waals surface area (Å²) in [4.78, 5) is 6.28. The number of piperidine rings is 1. The van der Waals surface area contributed by atoms with Crippen molar-refractivity contribution < 1.29 is 9.13 Å². The number of aromatic nitrogens is 1. The topological polar surface area (TPSA) is 28.3 Å². The van der Waals surface area contributed by atoms with Crippen LogP contribution in [0.15, 0.2) is 72.8 Å². The molecule has 0 radical (unpaired) electrons. The number of aromatic amines is 1. The van der Waals surface area contributed by atoms with E-state index in [4.69, 9.17) is 4.74 Å². The van der Waals surface area contributed by atoms with Gasteiger partial charge < -0.3 is 14.6 Å². The van der Waals surface area contributed by atoms with Gasteiger partial charge in [0.05, 0.1) is 7.11 Å². The number of benzene rings is 3. The number of hydrogen-bond acceptors (Lipinski definition) is 2. The molecule has 4 heteroatoms. The third kappa shape index (κ3) is 3.70. The highest BCUT2D eigenvalue weighted by Gasteiger charge is 2.48. The van der Waals surface area contributed by atoms with Crippen molar-refractivity contribution in [2.75, 3.05) is 26.7 Å². The van der Waals surface area contributed by atoms with E-state index in [9.17, 15) is 4.39 Å². The fourth-order valence-corrected chi connectivity index (χ4v) is 6.40. The minimum Gasteiger partial charge on any atom is -0.497 e. The van der Waals surface area contributed by atoms with Gasteiger partial charge in [-0.15, -0.1) is 0 Å². The van der Waals surface area contributed by atoms with E-state index in [2.05, 4.69) is 58.4 Å². The number of H-pyrrole nitrogens is 1. The molecule has 2 unspecified atom stereocenters. The molecular weight excluding hydrogens is 423 g/mol. The van der Waals surface area contributed by atoms with Gasteiger partial charge in [0.25, 0.3) is 0 Å². The van der Waals surface area contributed by atoms with Gasteiger partial charge in [-0.1, -0.05) is 42.5 Å². The van der Waals surface area contributed by atoms with Gasteiger partial charge in [-0.2, -0.15) is 0 Å². The summed E-state index contributed by atoms with van der Waals surface area (Å²) in [6.45, 7) is 3.22. The second-order valence-electron chi connectivity index (χ2n) is 10.0. The minimum atomic E-state index is -0.160. The highest BCUT2D eigenvalue weighted by atomic mass is 19.1. The number of hydrogen-bond donors (Lipinski definition) is 1. The lowest BCUT2D eigenvalue weighted by molar-refractivity contribution is 0.0822. The molecule has 2 aliphatic rings. The average molecular weight is 455 g/mol. The van der Waals surface area contributed by atoms with Crippen molar-refractivity contribution in [3.63, 3.8) is 0 Å². The van der Waals surface area contributed by atoms with Crippen LogP contribution in [0.1, 0.15) is 28.8 Å². The lowest BCUT2D eigenvalue weighted by Crippen LogP contribution is -2.54. The molecule has 0 spiro atoms. The third-order valence-electron chi connectivity index (χ3n) is 8.24. The molecule has 2 heterocycles. The molecule has 1 fully saturated rings. The van der Waals surface area contributed by atoms with Crippen LogP contribution in [0.2, 0.25) is 0 Å². The zero-order chi connectivity index (χ0) is 23.1. The van der Waals surface area contributed by atoms with Crippen LogP contribution in [0.4, 0.5) is 4.39 Å². The fourth-order valence-electron chi connectivity index (χ4n) is 6.40. The van der Waals surface area contributed by atoms with Crippen molar-refractivity contribution in [3.05, 3.63) is 101 Å². The highest BCUT2D eigenvalue weighted by Crippen LogP contribution is 2.49. The van der Waals surface area contributed by atoms with Crippen LogP contribution in [0.5, 0.6) is 5.75 Å². The monoisotopic (exact) mass is 454 g/mol. The van der Waals surface area contributed by atoms with E-state index >= 15 is 0 Å². The van der Waals surface area contributed by atoms with E-state index in [0.29, 0.717) is 5.92 Å². The second kappa shape index (κ2) is 8.59. The molecule has 1 saturated heterocycles. The van der Waals surface area contributed by atoms with Gasteiger partial charge in [0, 0.05) is 35.1 Å². The summed E-state index contributed by atoms with van der Waals surface area (Å²) < 4.78 is 19.7. The maximum Gasteiger partial charge on any atom is 0.123 e. The Kier molecular flexibility index (Phi) is 5.41. The highest BCUT2D eigenvalue weighted by molar-refractivity contribution is 5.85. The predicted molar refractivity (Wildman–Crippen MR) is 135 cm³/mol. The van der Waals surface area contributed by atoms with Gasteiger partial charge in [0.2, 0.25) is 0 Å². The first-order chi connectivity index (χ1) is 16.6. The van der Waals surface area contributed by atoms with E-state index in [1.165, 1.54) is 22.4 Å². The van der Waals surface area contributed by atoms with Gasteiger partial charge in [-0.3, -0.25) is 0 Å². The Labute approximate surface area is 200 Å². The summed E-state index contributed by atoms with van der Waals surface area (Å²) in [5.41, 5.74) is 6.46. The molecule has 3 aromatic carbocycles. The van der Waals surface area contributed by atoms with E-state index in [0.717, 1.165) is 62.0 Å². The van der Waals surface area contributed by atoms with Crippen LogP contribution < -0.4 is 4.74 Å². The SMILES string of the molecule is COc1cccc(C23CCN(CCc4ccccc4)CC2Cc2c([nH]c4ccc(F)cc24)C3)c1. The van der Waals surface area contributed by atoms with Crippen LogP contribution in [-0.4, -0.2) is 36.6 Å². The van der Waals surface area contributed by atoms with Crippen LogP contribution in [-0.2, 0) is 24.7 Å². The summed E-state index contributed by atoms with van der Waals surface area (Å²) in [6.07, 6.45) is 4.12. The van der Waals surface area contributed by atoms with Crippen molar-refractivity contribution in [1.82, 2.24) is 9.88 Å². The number of methoxy groups -OCH3 is 1. The first-order valence-electron chi connectivity index (χ1n) is 12.3. The number of fused-ring (bicyclic) bond motifs is 4. The maximum absolute atomic E-state index is 14.1. The molecule has 0 saturated carbocycles. The molecular formula is C30H31FN2O. The molecule has 0 amide bonds. The molecule has 4 aromatic rings. The second-order valence-corrected chi connectivity index (χ2v) is 10.0. The summed E-state index contributed by atoms with van der Waals surface area (Å²) >= 11 is 0. The molecule has 2 atom stereocenters. The number of nitrogens with one attached hydrogen (secondary N) is 1. The Morgan fingerprint density at radius 2 is 1.94 bits per heavy atom. The van der Waals surface area contributed by atoms with Crippen LogP contribution >= 0.6 is 0 Å². The Hall–Kier alpha value is -3.11. The standard InChI is InChI=1S/C30H31FN2O/c1-34-25-9-5-8-22(16-25)30-13-15-33(14-12-21-6-3-2-4-7-21)20-23(30)17-26-27-18-24(31)10-11-28(27)32-29(26)19-30/h2-11,16,18,23,32H,12-15,17,19-20H2,1H3. The number of likely N-dealkylation sites (tertiary alicyclic amines) is 1. The van der Waals surface area contributed by atoms with E-state index in [1.54, 1.807) is 19.2 Å². The molecule has 34 heavy (non-hydrogen) atoms. The van der Waals surface area contributed by atoms with Crippen LogP contribution in [0, 0.1) is 11.7 Å². The van der Waals surface area contributed by atoms with Gasteiger partial charge in [-0.25, -0.2) is 4.39 Å². The summed E-state index contributed by atoms with van der Waals surface area (Å²) in [5.74, 6) is 1.23. The Bertz CT molecular complexity index is 1310. The van der Waals surface area contributed by atoms with E-state index in [1.807, 2.05) is 12.1 Å². The van der Waals surface area contributed by atoms with Crippen molar-refractivity contribution in [3.8, 4) is 5.75 Å². The molecule has 174 valence electrons. The number of rotatable bonds is 5. The van der Waals surface area contributed by atoms with Crippen molar-refractivity contribution >= 4 is 10.9 Å². The molecule has 1 N–H and O–H groups in total.